The summed E-state index contributed by atoms with van der Waals surface area (Å²) < 4.78 is 10.4. The molecule has 0 saturated carbocycles. The van der Waals surface area contributed by atoms with E-state index in [1.807, 2.05) is 30.3 Å². The van der Waals surface area contributed by atoms with E-state index in [1.54, 1.807) is 13.2 Å². The highest BCUT2D eigenvalue weighted by Crippen LogP contribution is 2.16. The molecule has 0 aromatic heterocycles. The van der Waals surface area contributed by atoms with Gasteiger partial charge in [0.15, 0.2) is 0 Å². The molecule has 1 rings (SSSR count). The minimum atomic E-state index is 0.551. The van der Waals surface area contributed by atoms with Crippen molar-refractivity contribution in [3.8, 4) is 11.5 Å². The lowest BCUT2D eigenvalue weighted by Gasteiger charge is -2.03. The minimum Gasteiger partial charge on any atom is -0.497 e. The summed E-state index contributed by atoms with van der Waals surface area (Å²) in [4.78, 5) is 0. The lowest BCUT2D eigenvalue weighted by molar-refractivity contribution is 0.361. The maximum absolute atomic E-state index is 5.36. The molecule has 0 atom stereocenters. The third kappa shape index (κ3) is 3.20. The molecule has 1 radical (unpaired) electrons. The van der Waals surface area contributed by atoms with Crippen LogP contribution in [0.2, 0.25) is 0 Å². The summed E-state index contributed by atoms with van der Waals surface area (Å²) in [5.74, 6) is 1.67. The highest BCUT2D eigenvalue weighted by atomic mass is 16.5. The zero-order chi connectivity index (χ0) is 9.52. The molecular weight excluding hydrogens is 164 g/mol. The fourth-order valence-electron chi connectivity index (χ4n) is 0.884. The van der Waals surface area contributed by atoms with Crippen molar-refractivity contribution in [1.82, 2.24) is 0 Å². The zero-order valence-corrected chi connectivity index (χ0v) is 7.69. The van der Waals surface area contributed by atoms with Crippen LogP contribution in [0.3, 0.4) is 0 Å². The van der Waals surface area contributed by atoms with Crippen molar-refractivity contribution in [1.29, 1.82) is 0 Å². The number of rotatable bonds is 4. The van der Waals surface area contributed by atoms with Crippen LogP contribution < -0.4 is 9.47 Å². The molecule has 2 heteroatoms. The van der Waals surface area contributed by atoms with Gasteiger partial charge in [0, 0.05) is 0 Å². The normalized spacial score (nSPS) is 10.3. The quantitative estimate of drug-likeness (QED) is 0.703. The molecule has 1 aromatic carbocycles. The smallest absolute Gasteiger partial charge is 0.120 e. The first-order chi connectivity index (χ1) is 6.36. The van der Waals surface area contributed by atoms with Crippen LogP contribution in [0, 0.1) is 6.92 Å². The molecule has 0 unspecified atom stereocenters. The molecule has 0 spiro atoms. The topological polar surface area (TPSA) is 18.5 Å². The summed E-state index contributed by atoms with van der Waals surface area (Å²) in [6, 6.07) is 7.47. The van der Waals surface area contributed by atoms with Crippen LogP contribution in [-0.2, 0) is 0 Å². The number of methoxy groups -OCH3 is 1. The second kappa shape index (κ2) is 5.25. The van der Waals surface area contributed by atoms with Gasteiger partial charge >= 0.3 is 0 Å². The first kappa shape index (κ1) is 9.65. The Balaban J connectivity index is 2.49. The summed E-state index contributed by atoms with van der Waals surface area (Å²) in [5.41, 5.74) is 0. The maximum atomic E-state index is 5.36. The van der Waals surface area contributed by atoms with E-state index in [0.717, 1.165) is 11.5 Å². The Bertz CT molecular complexity index is 262. The van der Waals surface area contributed by atoms with Crippen LogP contribution in [0.1, 0.15) is 0 Å². The highest BCUT2D eigenvalue weighted by Gasteiger charge is 1.92. The van der Waals surface area contributed by atoms with Crippen molar-refractivity contribution in [2.24, 2.45) is 0 Å². The third-order valence-electron chi connectivity index (χ3n) is 1.57. The Labute approximate surface area is 78.8 Å². The number of hydrogen-bond donors (Lipinski definition) is 0. The van der Waals surface area contributed by atoms with Crippen LogP contribution in [0.5, 0.6) is 11.5 Å². The van der Waals surface area contributed by atoms with Gasteiger partial charge in [0.25, 0.3) is 0 Å². The second-order valence-electron chi connectivity index (χ2n) is 2.46. The fraction of sp³-hybridized carbons (Fsp3) is 0.182. The standard InChI is InChI=1S/C11H13O2/c1-3-4-9-13-11-7-5-10(12-2)6-8-11/h3-8H,1,9H2,2H3/b4-3+. The van der Waals surface area contributed by atoms with Gasteiger partial charge in [0.2, 0.25) is 0 Å². The Morgan fingerprint density at radius 3 is 2.38 bits per heavy atom. The van der Waals surface area contributed by atoms with E-state index in [9.17, 15) is 0 Å². The molecule has 0 fully saturated rings. The van der Waals surface area contributed by atoms with Crippen molar-refractivity contribution in [3.63, 3.8) is 0 Å². The van der Waals surface area contributed by atoms with E-state index >= 15 is 0 Å². The van der Waals surface area contributed by atoms with Gasteiger partial charge in [-0.2, -0.15) is 0 Å². The predicted molar refractivity (Wildman–Crippen MR) is 53.0 cm³/mol. The molecule has 0 aliphatic heterocycles. The average Bonchev–Trinajstić information content (AvgIpc) is 2.19. The first-order valence-electron chi connectivity index (χ1n) is 4.08. The van der Waals surface area contributed by atoms with Crippen molar-refractivity contribution in [2.45, 2.75) is 0 Å². The van der Waals surface area contributed by atoms with Crippen LogP contribution in [0.4, 0.5) is 0 Å². The molecule has 0 bridgehead atoms. The number of allylic oxidation sites excluding steroid dienone is 1. The van der Waals surface area contributed by atoms with E-state index in [4.69, 9.17) is 9.47 Å². The maximum Gasteiger partial charge on any atom is 0.120 e. The van der Waals surface area contributed by atoms with Gasteiger partial charge in [-0.25, -0.2) is 0 Å². The Kier molecular flexibility index (Phi) is 3.89. The summed E-state index contributed by atoms with van der Waals surface area (Å²) in [7, 11) is 1.64. The SMILES string of the molecule is [CH2]/C=C/COc1ccc(OC)cc1. The summed E-state index contributed by atoms with van der Waals surface area (Å²) in [6.45, 7) is 4.12. The van der Waals surface area contributed by atoms with E-state index < -0.39 is 0 Å². The third-order valence-corrected chi connectivity index (χ3v) is 1.57. The average molecular weight is 177 g/mol. The number of hydrogen-bond acceptors (Lipinski definition) is 2. The van der Waals surface area contributed by atoms with Gasteiger partial charge in [-0.15, -0.1) is 0 Å². The van der Waals surface area contributed by atoms with Crippen molar-refractivity contribution in [2.75, 3.05) is 13.7 Å². The van der Waals surface area contributed by atoms with Gasteiger partial charge in [0.1, 0.15) is 18.1 Å². The Morgan fingerprint density at radius 1 is 1.23 bits per heavy atom. The lowest BCUT2D eigenvalue weighted by atomic mass is 10.3. The zero-order valence-electron chi connectivity index (χ0n) is 7.69. The van der Waals surface area contributed by atoms with Crippen LogP contribution in [-0.4, -0.2) is 13.7 Å². The molecule has 0 saturated heterocycles. The molecular formula is C11H13O2. The Hall–Kier alpha value is -1.44. The lowest BCUT2D eigenvalue weighted by Crippen LogP contribution is -1.92. The van der Waals surface area contributed by atoms with Crippen molar-refractivity contribution in [3.05, 3.63) is 43.3 Å². The molecule has 2 nitrogen and oxygen atoms in total. The minimum absolute atomic E-state index is 0.551. The van der Waals surface area contributed by atoms with Crippen LogP contribution in [0.15, 0.2) is 36.4 Å². The molecule has 0 heterocycles. The number of ether oxygens (including phenoxy) is 2. The summed E-state index contributed by atoms with van der Waals surface area (Å²) in [6.07, 6.45) is 3.56. The number of benzene rings is 1. The molecule has 0 amide bonds. The van der Waals surface area contributed by atoms with E-state index in [1.165, 1.54) is 0 Å². The predicted octanol–water partition coefficient (Wildman–Crippen LogP) is 2.46. The summed E-state index contributed by atoms with van der Waals surface area (Å²) >= 11 is 0. The van der Waals surface area contributed by atoms with Gasteiger partial charge in [-0.05, 0) is 31.2 Å². The van der Waals surface area contributed by atoms with Gasteiger partial charge in [-0.1, -0.05) is 12.2 Å². The van der Waals surface area contributed by atoms with E-state index in [2.05, 4.69) is 6.92 Å². The monoisotopic (exact) mass is 177 g/mol. The first-order valence-corrected chi connectivity index (χ1v) is 4.08. The fourth-order valence-corrected chi connectivity index (χ4v) is 0.884. The molecule has 1 aromatic rings. The molecule has 0 aliphatic carbocycles. The summed E-state index contributed by atoms with van der Waals surface area (Å²) in [5, 5.41) is 0. The van der Waals surface area contributed by atoms with Gasteiger partial charge < -0.3 is 9.47 Å². The molecule has 69 valence electrons. The largest absolute Gasteiger partial charge is 0.497 e. The Morgan fingerprint density at radius 2 is 1.85 bits per heavy atom. The van der Waals surface area contributed by atoms with Gasteiger partial charge in [-0.3, -0.25) is 0 Å². The van der Waals surface area contributed by atoms with Crippen molar-refractivity contribution >= 4 is 0 Å². The second-order valence-corrected chi connectivity index (χ2v) is 2.46. The van der Waals surface area contributed by atoms with E-state index in [0.29, 0.717) is 6.61 Å². The van der Waals surface area contributed by atoms with Crippen molar-refractivity contribution < 1.29 is 9.47 Å². The molecule has 0 N–H and O–H groups in total. The molecule has 13 heavy (non-hydrogen) atoms. The van der Waals surface area contributed by atoms with Crippen LogP contribution >= 0.6 is 0 Å². The molecule has 0 aliphatic rings. The highest BCUT2D eigenvalue weighted by molar-refractivity contribution is 5.31. The van der Waals surface area contributed by atoms with E-state index in [-0.39, 0.29) is 0 Å². The van der Waals surface area contributed by atoms with Gasteiger partial charge in [0.05, 0.1) is 7.11 Å². The van der Waals surface area contributed by atoms with Crippen LogP contribution in [0.25, 0.3) is 0 Å².